The van der Waals surface area contributed by atoms with Gasteiger partial charge in [0, 0.05) is 32.8 Å². The first kappa shape index (κ1) is 28.8. The third kappa shape index (κ3) is 4.31. The molecule has 230 valence electrons. The minimum atomic E-state index is 0.532. The molecular formula is C45H25N5. The van der Waals surface area contributed by atoms with E-state index in [9.17, 15) is 10.5 Å². The highest BCUT2D eigenvalue weighted by Gasteiger charge is 2.21. The quantitative estimate of drug-likeness (QED) is 0.181. The van der Waals surface area contributed by atoms with Crippen LogP contribution in [0.5, 0.6) is 0 Å². The second-order valence-electron chi connectivity index (χ2n) is 12.3. The number of fused-ring (bicyclic) bond motifs is 6. The first-order chi connectivity index (χ1) is 24.7. The van der Waals surface area contributed by atoms with Crippen LogP contribution < -0.4 is 0 Å². The molecule has 0 radical (unpaired) electrons. The number of aromatic nitrogens is 2. The Morgan fingerprint density at radius 1 is 0.440 bits per heavy atom. The van der Waals surface area contributed by atoms with E-state index in [1.54, 1.807) is 0 Å². The van der Waals surface area contributed by atoms with Gasteiger partial charge in [-0.2, -0.15) is 10.5 Å². The van der Waals surface area contributed by atoms with Crippen LogP contribution in [0.15, 0.2) is 152 Å². The summed E-state index contributed by atoms with van der Waals surface area (Å²) in [6.45, 7) is 8.03. The Balaban J connectivity index is 1.41. The van der Waals surface area contributed by atoms with Crippen molar-refractivity contribution in [2.75, 3.05) is 0 Å². The van der Waals surface area contributed by atoms with Crippen molar-refractivity contribution in [3.8, 4) is 45.8 Å². The molecule has 9 rings (SSSR count). The zero-order valence-corrected chi connectivity index (χ0v) is 26.7. The van der Waals surface area contributed by atoms with Crippen LogP contribution in [0.1, 0.15) is 11.1 Å². The predicted molar refractivity (Wildman–Crippen MR) is 202 cm³/mol. The summed E-state index contributed by atoms with van der Waals surface area (Å²) in [6, 6.07) is 55.5. The zero-order chi connectivity index (χ0) is 33.8. The van der Waals surface area contributed by atoms with E-state index >= 15 is 0 Å². The van der Waals surface area contributed by atoms with E-state index in [1.807, 2.05) is 72.8 Å². The summed E-state index contributed by atoms with van der Waals surface area (Å²) in [5.74, 6) is 0. The average molecular weight is 636 g/mol. The van der Waals surface area contributed by atoms with Gasteiger partial charge in [-0.1, -0.05) is 91.0 Å². The fraction of sp³-hybridized carbons (Fsp3) is 0. The van der Waals surface area contributed by atoms with E-state index in [-0.39, 0.29) is 0 Å². The number of hydrogen-bond donors (Lipinski definition) is 0. The van der Waals surface area contributed by atoms with Gasteiger partial charge in [0.1, 0.15) is 0 Å². The first-order valence-corrected chi connectivity index (χ1v) is 16.3. The number of nitrogens with zero attached hydrogens (tertiary/aromatic N) is 5. The number of rotatable bonds is 4. The van der Waals surface area contributed by atoms with Crippen LogP contribution in [0.3, 0.4) is 0 Å². The van der Waals surface area contributed by atoms with Crippen molar-refractivity contribution in [2.45, 2.75) is 0 Å². The van der Waals surface area contributed by atoms with E-state index in [0.717, 1.165) is 66.5 Å². The lowest BCUT2D eigenvalue weighted by Crippen LogP contribution is -2.01. The van der Waals surface area contributed by atoms with Gasteiger partial charge in [0.2, 0.25) is 0 Å². The lowest BCUT2D eigenvalue weighted by atomic mass is 9.91. The molecule has 0 aliphatic carbocycles. The minimum Gasteiger partial charge on any atom is -0.309 e. The summed E-state index contributed by atoms with van der Waals surface area (Å²) in [7, 11) is 0. The maximum absolute atomic E-state index is 10.2. The summed E-state index contributed by atoms with van der Waals surface area (Å²) in [5.41, 5.74) is 11.2. The van der Waals surface area contributed by atoms with Crippen LogP contribution in [0.25, 0.3) is 82.1 Å². The molecule has 0 unspecified atom stereocenters. The van der Waals surface area contributed by atoms with Crippen LogP contribution in [0, 0.1) is 29.2 Å². The molecule has 0 aliphatic rings. The SMILES string of the molecule is [C-]#[N+]c1ccccc1-c1ccc(-n2c3ccccc3c3ccccc32)cc1-c1ccc(C#N)cc1-n1c2ccccc2c2cc(C#N)ccc21. The Morgan fingerprint density at radius 3 is 1.66 bits per heavy atom. The Labute approximate surface area is 288 Å². The molecule has 0 amide bonds. The van der Waals surface area contributed by atoms with Gasteiger partial charge >= 0.3 is 0 Å². The second kappa shape index (κ2) is 11.4. The zero-order valence-electron chi connectivity index (χ0n) is 26.7. The molecule has 0 saturated heterocycles. The summed E-state index contributed by atoms with van der Waals surface area (Å²) in [4.78, 5) is 3.90. The largest absolute Gasteiger partial charge is 0.309 e. The molecule has 5 heteroatoms. The van der Waals surface area contributed by atoms with Crippen LogP contribution in [0.4, 0.5) is 5.69 Å². The molecule has 0 N–H and O–H groups in total. The molecule has 0 saturated carbocycles. The summed E-state index contributed by atoms with van der Waals surface area (Å²) < 4.78 is 4.49. The molecule has 0 bridgehead atoms. The lowest BCUT2D eigenvalue weighted by Gasteiger charge is -2.20. The highest BCUT2D eigenvalue weighted by Crippen LogP contribution is 2.44. The molecule has 2 aromatic heterocycles. The van der Waals surface area contributed by atoms with Gasteiger partial charge in [-0.25, -0.2) is 4.85 Å². The van der Waals surface area contributed by atoms with Gasteiger partial charge in [0.05, 0.1) is 57.6 Å². The summed E-state index contributed by atoms with van der Waals surface area (Å²) in [5, 5.41) is 24.2. The summed E-state index contributed by atoms with van der Waals surface area (Å²) in [6.07, 6.45) is 0. The fourth-order valence-corrected chi connectivity index (χ4v) is 7.44. The van der Waals surface area contributed by atoms with Crippen molar-refractivity contribution in [1.29, 1.82) is 10.5 Å². The monoisotopic (exact) mass is 635 g/mol. The van der Waals surface area contributed by atoms with Gasteiger partial charge in [-0.05, 0) is 77.4 Å². The number of nitriles is 2. The van der Waals surface area contributed by atoms with Crippen molar-refractivity contribution in [2.24, 2.45) is 0 Å². The Morgan fingerprint density at radius 2 is 0.980 bits per heavy atom. The average Bonchev–Trinajstić information content (AvgIpc) is 3.70. The van der Waals surface area contributed by atoms with Crippen molar-refractivity contribution >= 4 is 49.3 Å². The highest BCUT2D eigenvalue weighted by atomic mass is 15.0. The van der Waals surface area contributed by atoms with Gasteiger partial charge in [-0.15, -0.1) is 0 Å². The molecule has 0 aliphatic heterocycles. The van der Waals surface area contributed by atoms with E-state index in [0.29, 0.717) is 16.8 Å². The smallest absolute Gasteiger partial charge is 0.194 e. The van der Waals surface area contributed by atoms with Crippen LogP contribution in [-0.4, -0.2) is 9.13 Å². The molecule has 7 aromatic carbocycles. The van der Waals surface area contributed by atoms with Crippen molar-refractivity contribution in [1.82, 2.24) is 9.13 Å². The van der Waals surface area contributed by atoms with Crippen molar-refractivity contribution in [3.05, 3.63) is 174 Å². The normalized spacial score (nSPS) is 11.1. The third-order valence-electron chi connectivity index (χ3n) is 9.62. The van der Waals surface area contributed by atoms with E-state index < -0.39 is 0 Å². The number of benzene rings is 7. The van der Waals surface area contributed by atoms with Gasteiger partial charge in [0.25, 0.3) is 0 Å². The predicted octanol–water partition coefficient (Wildman–Crippen LogP) is 11.5. The molecule has 0 atom stereocenters. The Hall–Kier alpha value is -7.39. The van der Waals surface area contributed by atoms with Crippen molar-refractivity contribution < 1.29 is 0 Å². The van der Waals surface area contributed by atoms with Gasteiger partial charge in [-0.3, -0.25) is 0 Å². The molecule has 5 nitrogen and oxygen atoms in total. The second-order valence-corrected chi connectivity index (χ2v) is 12.3. The molecule has 0 spiro atoms. The topological polar surface area (TPSA) is 61.8 Å². The van der Waals surface area contributed by atoms with E-state index in [2.05, 4.69) is 105 Å². The van der Waals surface area contributed by atoms with Crippen LogP contribution in [-0.2, 0) is 0 Å². The van der Waals surface area contributed by atoms with E-state index in [4.69, 9.17) is 6.57 Å². The van der Waals surface area contributed by atoms with Gasteiger partial charge < -0.3 is 9.13 Å². The maximum atomic E-state index is 10.2. The number of para-hydroxylation sites is 4. The Kier molecular flexibility index (Phi) is 6.56. The lowest BCUT2D eigenvalue weighted by molar-refractivity contribution is 1.17. The minimum absolute atomic E-state index is 0.532. The first-order valence-electron chi connectivity index (χ1n) is 16.3. The Bertz CT molecular complexity index is 2920. The van der Waals surface area contributed by atoms with Gasteiger partial charge in [0.15, 0.2) is 5.69 Å². The van der Waals surface area contributed by atoms with E-state index in [1.165, 1.54) is 10.8 Å². The highest BCUT2D eigenvalue weighted by molar-refractivity contribution is 6.11. The fourth-order valence-electron chi connectivity index (χ4n) is 7.44. The molecule has 9 aromatic rings. The molecular weight excluding hydrogens is 611 g/mol. The molecule has 50 heavy (non-hydrogen) atoms. The van der Waals surface area contributed by atoms with Crippen molar-refractivity contribution in [3.63, 3.8) is 0 Å². The summed E-state index contributed by atoms with van der Waals surface area (Å²) >= 11 is 0. The maximum Gasteiger partial charge on any atom is 0.194 e. The third-order valence-corrected chi connectivity index (χ3v) is 9.62. The molecule has 2 heterocycles. The number of hydrogen-bond acceptors (Lipinski definition) is 2. The van der Waals surface area contributed by atoms with Crippen LogP contribution >= 0.6 is 0 Å². The standard InChI is InChI=1S/C45H25N5/c1-48-40-14-6-2-10-33(40)32-22-20-31(49-41-15-7-3-11-34(41)35-12-4-8-16-42(35)49)26-38(32)37-21-18-30(28-47)25-45(37)50-43-17-9-5-13-36(43)39-24-29(27-46)19-23-44(39)50/h2-26H. The van der Waals surface area contributed by atoms with Crippen LogP contribution in [0.2, 0.25) is 0 Å². The molecule has 0 fully saturated rings.